The standard InChI is InChI=1S/C21H27ClO5/c1-3-5-16(6-4-2)19(24)26-14-21(13-23)12-17(20(25)27-21)11-15-7-9-18(22)10-8-15/h7-11,16,23H,3-6,12-14H2,1-2H3/b17-11-. The number of carbonyl (C=O) groups is 2. The molecule has 5 nitrogen and oxygen atoms in total. The molecule has 0 aliphatic carbocycles. The second-order valence-electron chi connectivity index (χ2n) is 7.01. The second kappa shape index (κ2) is 9.90. The lowest BCUT2D eigenvalue weighted by Gasteiger charge is -2.25. The third-order valence-corrected chi connectivity index (χ3v) is 4.92. The molecule has 1 aromatic rings. The van der Waals surface area contributed by atoms with Gasteiger partial charge in [0.15, 0.2) is 5.60 Å². The van der Waals surface area contributed by atoms with Crippen molar-refractivity contribution in [3.8, 4) is 0 Å². The van der Waals surface area contributed by atoms with Gasteiger partial charge >= 0.3 is 11.9 Å². The average molecular weight is 395 g/mol. The highest BCUT2D eigenvalue weighted by molar-refractivity contribution is 6.30. The fourth-order valence-corrected chi connectivity index (χ4v) is 3.33. The molecule has 6 heteroatoms. The zero-order valence-electron chi connectivity index (χ0n) is 15.9. The number of hydrogen-bond acceptors (Lipinski definition) is 5. The van der Waals surface area contributed by atoms with E-state index in [-0.39, 0.29) is 24.9 Å². The summed E-state index contributed by atoms with van der Waals surface area (Å²) in [5.74, 6) is -0.955. The van der Waals surface area contributed by atoms with E-state index in [1.54, 1.807) is 30.3 Å². The lowest BCUT2D eigenvalue weighted by atomic mass is 9.97. The third-order valence-electron chi connectivity index (χ3n) is 4.67. The first-order valence-corrected chi connectivity index (χ1v) is 9.77. The highest BCUT2D eigenvalue weighted by Crippen LogP contribution is 2.33. The number of ether oxygens (including phenoxy) is 2. The number of cyclic esters (lactones) is 1. The first-order chi connectivity index (χ1) is 12.9. The van der Waals surface area contributed by atoms with E-state index in [1.807, 2.05) is 13.8 Å². The number of carbonyl (C=O) groups excluding carboxylic acids is 2. The molecule has 2 rings (SSSR count). The molecule has 27 heavy (non-hydrogen) atoms. The van der Waals surface area contributed by atoms with Gasteiger partial charge in [-0.1, -0.05) is 50.4 Å². The van der Waals surface area contributed by atoms with Gasteiger partial charge in [-0.05, 0) is 36.6 Å². The Morgan fingerprint density at radius 3 is 2.48 bits per heavy atom. The SMILES string of the molecule is CCCC(CCC)C(=O)OCC1(CO)C/C(=C/c2ccc(Cl)cc2)C(=O)O1. The molecule has 0 radical (unpaired) electrons. The van der Waals surface area contributed by atoms with Gasteiger partial charge in [-0.3, -0.25) is 4.79 Å². The minimum absolute atomic E-state index is 0.143. The summed E-state index contributed by atoms with van der Waals surface area (Å²) in [6, 6.07) is 7.05. The summed E-state index contributed by atoms with van der Waals surface area (Å²) in [5.41, 5.74) is 0.0256. The Kier molecular flexibility index (Phi) is 7.87. The molecule has 1 N–H and O–H groups in total. The molecule has 0 aromatic heterocycles. The van der Waals surface area contributed by atoms with E-state index in [2.05, 4.69) is 0 Å². The maximum atomic E-state index is 12.4. The molecule has 0 spiro atoms. The molecule has 1 heterocycles. The van der Waals surface area contributed by atoms with Crippen LogP contribution in [0.2, 0.25) is 5.02 Å². The van der Waals surface area contributed by atoms with E-state index < -0.39 is 18.2 Å². The Bertz CT molecular complexity index is 676. The number of rotatable bonds is 9. The van der Waals surface area contributed by atoms with Crippen molar-refractivity contribution in [2.45, 2.75) is 51.6 Å². The molecular formula is C21H27ClO5. The van der Waals surface area contributed by atoms with Crippen LogP contribution in [-0.4, -0.2) is 35.9 Å². The average Bonchev–Trinajstić information content (AvgIpc) is 2.97. The maximum Gasteiger partial charge on any atom is 0.334 e. The van der Waals surface area contributed by atoms with Gasteiger partial charge in [-0.2, -0.15) is 0 Å². The third kappa shape index (κ3) is 5.81. The molecular weight excluding hydrogens is 368 g/mol. The second-order valence-corrected chi connectivity index (χ2v) is 7.45. The van der Waals surface area contributed by atoms with Gasteiger partial charge < -0.3 is 14.6 Å². The van der Waals surface area contributed by atoms with Crippen molar-refractivity contribution in [2.75, 3.05) is 13.2 Å². The summed E-state index contributed by atoms with van der Waals surface area (Å²) in [5, 5.41) is 10.4. The number of hydrogen-bond donors (Lipinski definition) is 1. The molecule has 0 bridgehead atoms. The van der Waals surface area contributed by atoms with E-state index >= 15 is 0 Å². The number of halogens is 1. The number of benzene rings is 1. The van der Waals surface area contributed by atoms with Crippen molar-refractivity contribution in [1.29, 1.82) is 0 Å². The summed E-state index contributed by atoms with van der Waals surface area (Å²) in [6.45, 7) is 3.50. The largest absolute Gasteiger partial charge is 0.461 e. The minimum Gasteiger partial charge on any atom is -0.461 e. The quantitative estimate of drug-likeness (QED) is 0.503. The Hall–Kier alpha value is -1.85. The Morgan fingerprint density at radius 1 is 1.30 bits per heavy atom. The fourth-order valence-electron chi connectivity index (χ4n) is 3.20. The van der Waals surface area contributed by atoms with Gasteiger partial charge in [0.1, 0.15) is 6.61 Å². The van der Waals surface area contributed by atoms with Crippen molar-refractivity contribution in [3.63, 3.8) is 0 Å². The summed E-state index contributed by atoms with van der Waals surface area (Å²) in [7, 11) is 0. The summed E-state index contributed by atoms with van der Waals surface area (Å²) in [6.07, 6.45) is 5.21. The number of esters is 2. The zero-order chi connectivity index (χ0) is 19.9. The van der Waals surface area contributed by atoms with Crippen LogP contribution in [0.1, 0.15) is 51.5 Å². The maximum absolute atomic E-state index is 12.4. The Morgan fingerprint density at radius 2 is 1.93 bits per heavy atom. The van der Waals surface area contributed by atoms with Gasteiger partial charge in [-0.25, -0.2) is 4.79 Å². The molecule has 0 amide bonds. The van der Waals surface area contributed by atoms with Gasteiger partial charge in [0.2, 0.25) is 0 Å². The number of aliphatic hydroxyl groups excluding tert-OH is 1. The molecule has 0 saturated carbocycles. The van der Waals surface area contributed by atoms with E-state index in [9.17, 15) is 14.7 Å². The van der Waals surface area contributed by atoms with Crippen LogP contribution in [0.5, 0.6) is 0 Å². The van der Waals surface area contributed by atoms with E-state index in [0.29, 0.717) is 10.6 Å². The van der Waals surface area contributed by atoms with Gasteiger partial charge in [0, 0.05) is 17.0 Å². The van der Waals surface area contributed by atoms with E-state index in [4.69, 9.17) is 21.1 Å². The van der Waals surface area contributed by atoms with Gasteiger partial charge in [0.05, 0.1) is 12.5 Å². The lowest BCUT2D eigenvalue weighted by Crippen LogP contribution is -2.40. The molecule has 1 unspecified atom stereocenters. The summed E-state index contributed by atoms with van der Waals surface area (Å²) < 4.78 is 10.8. The Labute approximate surface area is 165 Å². The van der Waals surface area contributed by atoms with Crippen LogP contribution in [0.3, 0.4) is 0 Å². The minimum atomic E-state index is -1.21. The first kappa shape index (κ1) is 21.5. The predicted octanol–water partition coefficient (Wildman–Crippen LogP) is 4.16. The highest BCUT2D eigenvalue weighted by Gasteiger charge is 2.44. The van der Waals surface area contributed by atoms with E-state index in [0.717, 1.165) is 31.2 Å². The van der Waals surface area contributed by atoms with Crippen LogP contribution in [0.4, 0.5) is 0 Å². The monoisotopic (exact) mass is 394 g/mol. The lowest BCUT2D eigenvalue weighted by molar-refractivity contribution is -0.169. The fraction of sp³-hybridized carbons (Fsp3) is 0.524. The van der Waals surface area contributed by atoms with Crippen LogP contribution in [0.15, 0.2) is 29.8 Å². The molecule has 1 fully saturated rings. The smallest absolute Gasteiger partial charge is 0.334 e. The molecule has 1 aliphatic heterocycles. The molecule has 148 valence electrons. The van der Waals surface area contributed by atoms with Crippen molar-refractivity contribution in [3.05, 3.63) is 40.4 Å². The molecule has 1 atom stereocenters. The van der Waals surface area contributed by atoms with Crippen molar-refractivity contribution in [1.82, 2.24) is 0 Å². The van der Waals surface area contributed by atoms with Crippen LogP contribution >= 0.6 is 11.6 Å². The van der Waals surface area contributed by atoms with Crippen LogP contribution < -0.4 is 0 Å². The predicted molar refractivity (Wildman–Crippen MR) is 104 cm³/mol. The summed E-state index contributed by atoms with van der Waals surface area (Å²) >= 11 is 5.87. The van der Waals surface area contributed by atoms with Crippen molar-refractivity contribution in [2.24, 2.45) is 5.92 Å². The highest BCUT2D eigenvalue weighted by atomic mass is 35.5. The van der Waals surface area contributed by atoms with Crippen LogP contribution in [-0.2, 0) is 19.1 Å². The van der Waals surface area contributed by atoms with E-state index in [1.165, 1.54) is 0 Å². The molecule has 1 aromatic carbocycles. The van der Waals surface area contributed by atoms with Crippen LogP contribution in [0.25, 0.3) is 6.08 Å². The molecule has 1 saturated heterocycles. The first-order valence-electron chi connectivity index (χ1n) is 9.40. The topological polar surface area (TPSA) is 72.8 Å². The van der Waals surface area contributed by atoms with Crippen molar-refractivity contribution < 1.29 is 24.2 Å². The summed E-state index contributed by atoms with van der Waals surface area (Å²) in [4.78, 5) is 24.6. The zero-order valence-corrected chi connectivity index (χ0v) is 16.6. The normalized spacial score (nSPS) is 20.9. The number of aliphatic hydroxyl groups is 1. The van der Waals surface area contributed by atoms with Gasteiger partial charge in [-0.15, -0.1) is 0 Å². The Balaban J connectivity index is 2.05. The van der Waals surface area contributed by atoms with Gasteiger partial charge in [0.25, 0.3) is 0 Å². The van der Waals surface area contributed by atoms with Crippen molar-refractivity contribution >= 4 is 29.6 Å². The van der Waals surface area contributed by atoms with Crippen LogP contribution in [0, 0.1) is 5.92 Å². The molecule has 1 aliphatic rings.